The summed E-state index contributed by atoms with van der Waals surface area (Å²) < 4.78 is 0. The summed E-state index contributed by atoms with van der Waals surface area (Å²) in [5.74, 6) is 2.09. The molecule has 0 saturated heterocycles. The molecule has 1 unspecified atom stereocenters. The van der Waals surface area contributed by atoms with E-state index in [0.29, 0.717) is 0 Å². The summed E-state index contributed by atoms with van der Waals surface area (Å²) >= 11 is 0. The zero-order valence-electron chi connectivity index (χ0n) is 9.15. The molecule has 2 aliphatic rings. The zero-order chi connectivity index (χ0) is 10.1. The van der Waals surface area contributed by atoms with Crippen LogP contribution < -0.4 is 5.32 Å². The minimum atomic E-state index is 0.809. The summed E-state index contributed by atoms with van der Waals surface area (Å²) in [5.41, 5.74) is 1.42. The van der Waals surface area contributed by atoms with E-state index in [1.165, 1.54) is 31.2 Å². The van der Waals surface area contributed by atoms with Crippen LogP contribution >= 0.6 is 0 Å². The van der Waals surface area contributed by atoms with E-state index in [0.717, 1.165) is 24.4 Å². The summed E-state index contributed by atoms with van der Waals surface area (Å²) in [6.45, 7) is 1.05. The minimum absolute atomic E-state index is 0.809. The van der Waals surface area contributed by atoms with Gasteiger partial charge in [-0.15, -0.1) is 0 Å². The summed E-state index contributed by atoms with van der Waals surface area (Å²) in [6.07, 6.45) is 5.82. The molecule has 1 nitrogen and oxygen atoms in total. The van der Waals surface area contributed by atoms with Crippen molar-refractivity contribution in [1.29, 1.82) is 0 Å². The van der Waals surface area contributed by atoms with E-state index in [1.807, 2.05) is 0 Å². The van der Waals surface area contributed by atoms with Crippen molar-refractivity contribution in [3.05, 3.63) is 35.9 Å². The lowest BCUT2D eigenvalue weighted by Crippen LogP contribution is -2.33. The summed E-state index contributed by atoms with van der Waals surface area (Å²) in [7, 11) is 0. The maximum Gasteiger partial charge on any atom is 0.0208 e. The SMILES string of the molecule is c1ccc(CNC2CCC[C@H]3C[C@@H]23)cc1. The van der Waals surface area contributed by atoms with Crippen molar-refractivity contribution in [1.82, 2.24) is 5.32 Å². The molecule has 0 aliphatic heterocycles. The van der Waals surface area contributed by atoms with E-state index in [4.69, 9.17) is 0 Å². The van der Waals surface area contributed by atoms with Gasteiger partial charge in [0.25, 0.3) is 0 Å². The van der Waals surface area contributed by atoms with E-state index in [9.17, 15) is 0 Å². The smallest absolute Gasteiger partial charge is 0.0208 e. The molecule has 0 bridgehead atoms. The van der Waals surface area contributed by atoms with Gasteiger partial charge in [-0.05, 0) is 30.2 Å². The van der Waals surface area contributed by atoms with Gasteiger partial charge in [0.15, 0.2) is 0 Å². The molecule has 1 aromatic rings. The highest BCUT2D eigenvalue weighted by Crippen LogP contribution is 2.49. The van der Waals surface area contributed by atoms with Crippen LogP contribution in [0.4, 0.5) is 0 Å². The first kappa shape index (κ1) is 9.41. The Hall–Kier alpha value is -0.820. The molecule has 80 valence electrons. The van der Waals surface area contributed by atoms with Crippen molar-refractivity contribution >= 4 is 0 Å². The quantitative estimate of drug-likeness (QED) is 0.792. The molecular weight excluding hydrogens is 182 g/mol. The Kier molecular flexibility index (Phi) is 2.49. The van der Waals surface area contributed by atoms with E-state index in [2.05, 4.69) is 35.6 Å². The van der Waals surface area contributed by atoms with Crippen molar-refractivity contribution in [2.75, 3.05) is 0 Å². The maximum absolute atomic E-state index is 3.73. The van der Waals surface area contributed by atoms with E-state index < -0.39 is 0 Å². The van der Waals surface area contributed by atoms with Crippen molar-refractivity contribution in [3.8, 4) is 0 Å². The summed E-state index contributed by atoms with van der Waals surface area (Å²) in [4.78, 5) is 0. The molecule has 1 aromatic carbocycles. The van der Waals surface area contributed by atoms with Gasteiger partial charge in [-0.25, -0.2) is 0 Å². The second-order valence-corrected chi connectivity index (χ2v) is 5.06. The maximum atomic E-state index is 3.73. The van der Waals surface area contributed by atoms with Gasteiger partial charge >= 0.3 is 0 Å². The third-order valence-corrected chi connectivity index (χ3v) is 4.00. The highest BCUT2D eigenvalue weighted by atomic mass is 14.9. The predicted molar refractivity (Wildman–Crippen MR) is 62.5 cm³/mol. The molecule has 0 spiro atoms. The van der Waals surface area contributed by atoms with Gasteiger partial charge in [-0.3, -0.25) is 0 Å². The van der Waals surface area contributed by atoms with Crippen LogP contribution in [-0.4, -0.2) is 6.04 Å². The third-order valence-electron chi connectivity index (χ3n) is 4.00. The Morgan fingerprint density at radius 1 is 1.13 bits per heavy atom. The van der Waals surface area contributed by atoms with Gasteiger partial charge in [0.1, 0.15) is 0 Å². The Bertz CT molecular complexity index is 319. The van der Waals surface area contributed by atoms with Crippen molar-refractivity contribution < 1.29 is 0 Å². The van der Waals surface area contributed by atoms with Crippen LogP contribution in [0.25, 0.3) is 0 Å². The molecule has 2 fully saturated rings. The lowest BCUT2D eigenvalue weighted by atomic mass is 9.95. The highest BCUT2D eigenvalue weighted by molar-refractivity contribution is 5.14. The third kappa shape index (κ3) is 2.07. The second kappa shape index (κ2) is 3.97. The van der Waals surface area contributed by atoms with E-state index >= 15 is 0 Å². The fourth-order valence-corrected chi connectivity index (χ4v) is 3.01. The molecule has 3 atom stereocenters. The highest BCUT2D eigenvalue weighted by Gasteiger charge is 2.44. The van der Waals surface area contributed by atoms with Gasteiger partial charge in [-0.2, -0.15) is 0 Å². The predicted octanol–water partition coefficient (Wildman–Crippen LogP) is 2.96. The topological polar surface area (TPSA) is 12.0 Å². The Morgan fingerprint density at radius 2 is 2.00 bits per heavy atom. The lowest BCUT2D eigenvalue weighted by Gasteiger charge is -2.22. The van der Waals surface area contributed by atoms with Crippen molar-refractivity contribution in [2.24, 2.45) is 11.8 Å². The van der Waals surface area contributed by atoms with Crippen LogP contribution in [0.1, 0.15) is 31.2 Å². The Labute approximate surface area is 91.9 Å². The van der Waals surface area contributed by atoms with Gasteiger partial charge < -0.3 is 5.32 Å². The van der Waals surface area contributed by atoms with Crippen molar-refractivity contribution in [3.63, 3.8) is 0 Å². The molecule has 2 aliphatic carbocycles. The zero-order valence-corrected chi connectivity index (χ0v) is 9.15. The first-order valence-corrected chi connectivity index (χ1v) is 6.21. The van der Waals surface area contributed by atoms with Crippen LogP contribution in [-0.2, 0) is 6.54 Å². The second-order valence-electron chi connectivity index (χ2n) is 5.06. The average molecular weight is 201 g/mol. The van der Waals surface area contributed by atoms with Gasteiger partial charge in [0.05, 0.1) is 0 Å². The van der Waals surface area contributed by atoms with Gasteiger partial charge in [0, 0.05) is 12.6 Å². The minimum Gasteiger partial charge on any atom is -0.310 e. The molecule has 1 heteroatoms. The first-order chi connectivity index (χ1) is 7.43. The molecule has 3 rings (SSSR count). The molecule has 0 aromatic heterocycles. The summed E-state index contributed by atoms with van der Waals surface area (Å²) in [6, 6.07) is 11.6. The number of rotatable bonds is 3. The number of hydrogen-bond acceptors (Lipinski definition) is 1. The van der Waals surface area contributed by atoms with Gasteiger partial charge in [0.2, 0.25) is 0 Å². The molecule has 0 amide bonds. The molecule has 15 heavy (non-hydrogen) atoms. The Balaban J connectivity index is 1.54. The molecule has 0 heterocycles. The largest absolute Gasteiger partial charge is 0.310 e. The first-order valence-electron chi connectivity index (χ1n) is 6.21. The lowest BCUT2D eigenvalue weighted by molar-refractivity contribution is 0.352. The van der Waals surface area contributed by atoms with E-state index in [1.54, 1.807) is 0 Å². The Morgan fingerprint density at radius 3 is 2.87 bits per heavy atom. The summed E-state index contributed by atoms with van der Waals surface area (Å²) in [5, 5.41) is 3.73. The number of hydrogen-bond donors (Lipinski definition) is 1. The molecule has 0 radical (unpaired) electrons. The van der Waals surface area contributed by atoms with E-state index in [-0.39, 0.29) is 0 Å². The standard InChI is InChI=1S/C14H19N/c1-2-5-11(6-3-1)10-15-14-8-4-7-12-9-13(12)14/h1-3,5-6,12-15H,4,7-10H2/t12-,13+,14?/m0/s1. The monoisotopic (exact) mass is 201 g/mol. The fourth-order valence-electron chi connectivity index (χ4n) is 3.01. The number of nitrogens with one attached hydrogen (secondary N) is 1. The van der Waals surface area contributed by atoms with Gasteiger partial charge in [-0.1, -0.05) is 43.2 Å². The molecule has 1 N–H and O–H groups in total. The molecule has 2 saturated carbocycles. The van der Waals surface area contributed by atoms with Crippen LogP contribution in [0.3, 0.4) is 0 Å². The fraction of sp³-hybridized carbons (Fsp3) is 0.571. The van der Waals surface area contributed by atoms with Crippen LogP contribution in [0.15, 0.2) is 30.3 Å². The van der Waals surface area contributed by atoms with Crippen LogP contribution in [0.2, 0.25) is 0 Å². The number of fused-ring (bicyclic) bond motifs is 1. The normalized spacial score (nSPS) is 33.5. The van der Waals surface area contributed by atoms with Crippen LogP contribution in [0.5, 0.6) is 0 Å². The van der Waals surface area contributed by atoms with Crippen molar-refractivity contribution in [2.45, 2.75) is 38.3 Å². The number of benzene rings is 1. The average Bonchev–Trinajstić information content (AvgIpc) is 3.07. The molecular formula is C14H19N. The van der Waals surface area contributed by atoms with Crippen LogP contribution in [0, 0.1) is 11.8 Å².